The maximum atomic E-state index is 10.8. The molecule has 0 spiro atoms. The van der Waals surface area contributed by atoms with Gasteiger partial charge in [-0.2, -0.15) is 0 Å². The Bertz CT molecular complexity index is 409. The second kappa shape index (κ2) is 5.48. The third-order valence-corrected chi connectivity index (χ3v) is 3.31. The Morgan fingerprint density at radius 2 is 2.06 bits per heavy atom. The lowest BCUT2D eigenvalue weighted by atomic mass is 10.1. The summed E-state index contributed by atoms with van der Waals surface area (Å²) in [6.45, 7) is 0.523. The summed E-state index contributed by atoms with van der Waals surface area (Å²) in [4.78, 5) is 12.5. The van der Waals surface area contributed by atoms with Gasteiger partial charge in [0.25, 0.3) is 0 Å². The molecule has 3 atom stereocenters. The van der Waals surface area contributed by atoms with Gasteiger partial charge >= 0.3 is 5.97 Å². The molecule has 1 saturated heterocycles. The number of nitrogens with zero attached hydrogens (tertiary/aromatic N) is 1. The molecule has 1 aromatic rings. The lowest BCUT2D eigenvalue weighted by molar-refractivity contribution is -0.141. The van der Waals surface area contributed by atoms with Crippen molar-refractivity contribution >= 4 is 5.97 Å². The summed E-state index contributed by atoms with van der Waals surface area (Å²) in [5.74, 6) is -1.45. The van der Waals surface area contributed by atoms with E-state index in [1.807, 2.05) is 30.3 Å². The van der Waals surface area contributed by atoms with Crippen molar-refractivity contribution in [1.82, 2.24) is 4.90 Å². The van der Waals surface area contributed by atoms with E-state index < -0.39 is 24.2 Å². The van der Waals surface area contributed by atoms with E-state index in [-0.39, 0.29) is 19.5 Å². The average Bonchev–Trinajstić information content (AvgIpc) is 2.72. The van der Waals surface area contributed by atoms with Gasteiger partial charge in [-0.05, 0) is 5.56 Å². The van der Waals surface area contributed by atoms with Crippen molar-refractivity contribution in [2.45, 2.75) is 18.8 Å². The number of carboxylic acids is 1. The third kappa shape index (κ3) is 2.87. The van der Waals surface area contributed by atoms with Crippen molar-refractivity contribution in [2.75, 3.05) is 13.1 Å². The van der Waals surface area contributed by atoms with Crippen LogP contribution in [0.5, 0.6) is 0 Å². The third-order valence-electron chi connectivity index (χ3n) is 3.31. The minimum Gasteiger partial charge on any atom is -0.481 e. The SMILES string of the molecule is O=C(O)C1CC(O)N(CC(O)c2ccccc2)C1. The summed E-state index contributed by atoms with van der Waals surface area (Å²) in [5, 5.41) is 28.7. The monoisotopic (exact) mass is 251 g/mol. The van der Waals surface area contributed by atoms with E-state index in [1.165, 1.54) is 0 Å². The summed E-state index contributed by atoms with van der Waals surface area (Å²) < 4.78 is 0. The van der Waals surface area contributed by atoms with Crippen LogP contribution in [-0.2, 0) is 4.79 Å². The number of likely N-dealkylation sites (tertiary alicyclic amines) is 1. The fourth-order valence-corrected chi connectivity index (χ4v) is 2.26. The van der Waals surface area contributed by atoms with Gasteiger partial charge < -0.3 is 15.3 Å². The van der Waals surface area contributed by atoms with Crippen molar-refractivity contribution in [2.24, 2.45) is 5.92 Å². The Labute approximate surface area is 105 Å². The second-order valence-corrected chi connectivity index (χ2v) is 4.63. The molecule has 1 aliphatic heterocycles. The maximum absolute atomic E-state index is 10.8. The van der Waals surface area contributed by atoms with E-state index in [0.29, 0.717) is 0 Å². The predicted octanol–water partition coefficient (Wildman–Crippen LogP) is 0.445. The molecule has 98 valence electrons. The summed E-state index contributed by atoms with van der Waals surface area (Å²) in [5.41, 5.74) is 0.767. The zero-order chi connectivity index (χ0) is 13.1. The van der Waals surface area contributed by atoms with Crippen molar-refractivity contribution in [3.05, 3.63) is 35.9 Å². The number of β-amino-alcohol motifs (C(OH)–C–C–N with tert-alkyl or cyclic N) is 1. The van der Waals surface area contributed by atoms with E-state index in [2.05, 4.69) is 0 Å². The van der Waals surface area contributed by atoms with Crippen molar-refractivity contribution < 1.29 is 20.1 Å². The summed E-state index contributed by atoms with van der Waals surface area (Å²) in [7, 11) is 0. The topological polar surface area (TPSA) is 81.0 Å². The van der Waals surface area contributed by atoms with Gasteiger partial charge in [-0.1, -0.05) is 30.3 Å². The lowest BCUT2D eigenvalue weighted by Crippen LogP contribution is -2.33. The predicted molar refractivity (Wildman–Crippen MR) is 64.7 cm³/mol. The number of carbonyl (C=O) groups is 1. The van der Waals surface area contributed by atoms with Crippen LogP contribution >= 0.6 is 0 Å². The number of aliphatic hydroxyl groups excluding tert-OH is 2. The zero-order valence-corrected chi connectivity index (χ0v) is 9.94. The first kappa shape index (κ1) is 13.0. The van der Waals surface area contributed by atoms with E-state index in [9.17, 15) is 15.0 Å². The molecule has 1 aromatic carbocycles. The molecule has 0 aromatic heterocycles. The van der Waals surface area contributed by atoms with E-state index in [0.717, 1.165) is 5.56 Å². The molecule has 3 N–H and O–H groups in total. The Balaban J connectivity index is 1.96. The highest BCUT2D eigenvalue weighted by atomic mass is 16.4. The number of hydrogen-bond donors (Lipinski definition) is 3. The number of aliphatic carboxylic acids is 1. The summed E-state index contributed by atoms with van der Waals surface area (Å²) in [6.07, 6.45) is -1.28. The van der Waals surface area contributed by atoms with Crippen LogP contribution in [0, 0.1) is 5.92 Å². The number of benzene rings is 1. The van der Waals surface area contributed by atoms with Gasteiger partial charge in [-0.25, -0.2) is 0 Å². The zero-order valence-electron chi connectivity index (χ0n) is 9.94. The van der Waals surface area contributed by atoms with Crippen LogP contribution in [0.15, 0.2) is 30.3 Å². The summed E-state index contributed by atoms with van der Waals surface area (Å²) in [6, 6.07) is 9.14. The van der Waals surface area contributed by atoms with Crippen LogP contribution in [0.2, 0.25) is 0 Å². The quantitative estimate of drug-likeness (QED) is 0.723. The highest BCUT2D eigenvalue weighted by molar-refractivity contribution is 5.70. The minimum absolute atomic E-state index is 0.219. The van der Waals surface area contributed by atoms with Gasteiger partial charge in [-0.3, -0.25) is 9.69 Å². The average molecular weight is 251 g/mol. The van der Waals surface area contributed by atoms with Crippen LogP contribution in [0.25, 0.3) is 0 Å². The standard InChI is InChI=1S/C13H17NO4/c15-11(9-4-2-1-3-5-9)8-14-7-10(13(17)18)6-12(14)16/h1-5,10-12,15-16H,6-8H2,(H,17,18). The molecule has 5 nitrogen and oxygen atoms in total. The number of aliphatic hydroxyl groups is 2. The number of hydrogen-bond acceptors (Lipinski definition) is 4. The molecular formula is C13H17NO4. The number of rotatable bonds is 4. The van der Waals surface area contributed by atoms with Gasteiger partial charge in [0.05, 0.1) is 12.0 Å². The fraction of sp³-hybridized carbons (Fsp3) is 0.462. The molecule has 18 heavy (non-hydrogen) atoms. The largest absolute Gasteiger partial charge is 0.481 e. The smallest absolute Gasteiger partial charge is 0.307 e. The molecule has 1 fully saturated rings. The summed E-state index contributed by atoms with van der Waals surface area (Å²) >= 11 is 0. The van der Waals surface area contributed by atoms with Crippen LogP contribution in [0.3, 0.4) is 0 Å². The van der Waals surface area contributed by atoms with Crippen LogP contribution < -0.4 is 0 Å². The maximum Gasteiger partial charge on any atom is 0.307 e. The molecule has 0 saturated carbocycles. The van der Waals surface area contributed by atoms with E-state index in [1.54, 1.807) is 4.90 Å². The van der Waals surface area contributed by atoms with Gasteiger partial charge in [0.1, 0.15) is 6.23 Å². The molecular weight excluding hydrogens is 234 g/mol. The van der Waals surface area contributed by atoms with E-state index >= 15 is 0 Å². The Morgan fingerprint density at radius 3 is 2.61 bits per heavy atom. The molecule has 3 unspecified atom stereocenters. The van der Waals surface area contributed by atoms with Crippen molar-refractivity contribution in [1.29, 1.82) is 0 Å². The second-order valence-electron chi connectivity index (χ2n) is 4.63. The first-order chi connectivity index (χ1) is 8.58. The Morgan fingerprint density at radius 1 is 1.39 bits per heavy atom. The van der Waals surface area contributed by atoms with Crippen molar-refractivity contribution in [3.8, 4) is 0 Å². The molecule has 0 amide bonds. The molecule has 0 bridgehead atoms. The Hall–Kier alpha value is -1.43. The number of carboxylic acid groups (broad SMARTS) is 1. The first-order valence-corrected chi connectivity index (χ1v) is 5.96. The van der Waals surface area contributed by atoms with E-state index in [4.69, 9.17) is 5.11 Å². The van der Waals surface area contributed by atoms with Gasteiger partial charge in [0.2, 0.25) is 0 Å². The van der Waals surface area contributed by atoms with Gasteiger partial charge in [-0.15, -0.1) is 0 Å². The molecule has 1 heterocycles. The molecule has 0 aliphatic carbocycles. The van der Waals surface area contributed by atoms with Gasteiger partial charge in [0, 0.05) is 19.5 Å². The minimum atomic E-state index is -0.897. The molecule has 1 aliphatic rings. The Kier molecular flexibility index (Phi) is 3.96. The molecule has 0 radical (unpaired) electrons. The lowest BCUT2D eigenvalue weighted by Gasteiger charge is -2.23. The van der Waals surface area contributed by atoms with Crippen molar-refractivity contribution in [3.63, 3.8) is 0 Å². The first-order valence-electron chi connectivity index (χ1n) is 5.96. The highest BCUT2D eigenvalue weighted by Crippen LogP contribution is 2.24. The highest BCUT2D eigenvalue weighted by Gasteiger charge is 2.35. The van der Waals surface area contributed by atoms with Crippen LogP contribution in [-0.4, -0.2) is 45.5 Å². The normalized spacial score (nSPS) is 26.1. The fourth-order valence-electron chi connectivity index (χ4n) is 2.26. The van der Waals surface area contributed by atoms with Gasteiger partial charge in [0.15, 0.2) is 0 Å². The van der Waals surface area contributed by atoms with Crippen LogP contribution in [0.4, 0.5) is 0 Å². The molecule has 5 heteroatoms. The molecule has 2 rings (SSSR count). The van der Waals surface area contributed by atoms with Crippen LogP contribution in [0.1, 0.15) is 18.1 Å².